The van der Waals surface area contributed by atoms with E-state index in [-0.39, 0.29) is 5.41 Å². The van der Waals surface area contributed by atoms with Crippen molar-refractivity contribution in [3.63, 3.8) is 0 Å². The summed E-state index contributed by atoms with van der Waals surface area (Å²) in [7, 11) is 0. The van der Waals surface area contributed by atoms with Gasteiger partial charge in [0.2, 0.25) is 0 Å². The van der Waals surface area contributed by atoms with Gasteiger partial charge in [0, 0.05) is 22.1 Å². The highest BCUT2D eigenvalue weighted by Crippen LogP contribution is 2.50. The van der Waals surface area contributed by atoms with E-state index >= 15 is 0 Å². The average Bonchev–Trinajstić information content (AvgIpc) is 3.54. The molecular formula is C56H39N3. The predicted molar refractivity (Wildman–Crippen MR) is 244 cm³/mol. The topological polar surface area (TPSA) is 30.1 Å². The lowest BCUT2D eigenvalue weighted by molar-refractivity contribution is 0.660. The van der Waals surface area contributed by atoms with Crippen molar-refractivity contribution in [2.75, 3.05) is 0 Å². The zero-order valence-corrected chi connectivity index (χ0v) is 32.9. The maximum Gasteiger partial charge on any atom is 0.187 e. The molecule has 1 aliphatic rings. The molecule has 1 aliphatic carbocycles. The number of aromatic nitrogens is 2. The van der Waals surface area contributed by atoms with E-state index in [1.165, 1.54) is 16.7 Å². The van der Waals surface area contributed by atoms with Crippen LogP contribution in [0.3, 0.4) is 0 Å². The molecule has 0 amide bonds. The summed E-state index contributed by atoms with van der Waals surface area (Å²) >= 11 is 0. The monoisotopic (exact) mass is 753 g/mol. The third kappa shape index (κ3) is 6.71. The van der Waals surface area contributed by atoms with Gasteiger partial charge in [0.1, 0.15) is 0 Å². The highest BCUT2D eigenvalue weighted by molar-refractivity contribution is 5.87. The number of nitrogens with zero attached hydrogens (tertiary/aromatic N) is 3. The first-order chi connectivity index (χ1) is 28.9. The predicted octanol–water partition coefficient (Wildman–Crippen LogP) is 15.0. The number of fused-ring (bicyclic) bond motifs is 3. The minimum absolute atomic E-state index is 0.114. The minimum Gasteiger partial charge on any atom is -0.238 e. The molecule has 0 radical (unpaired) electrons. The van der Waals surface area contributed by atoms with Crippen LogP contribution in [-0.2, 0) is 5.41 Å². The second-order valence-electron chi connectivity index (χ2n) is 15.7. The van der Waals surface area contributed by atoms with Crippen molar-refractivity contribution in [1.82, 2.24) is 9.97 Å². The van der Waals surface area contributed by atoms with Gasteiger partial charge in [-0.1, -0.05) is 172 Å². The molecule has 0 N–H and O–H groups in total. The van der Waals surface area contributed by atoms with E-state index in [4.69, 9.17) is 16.5 Å². The van der Waals surface area contributed by atoms with Crippen LogP contribution in [0, 0.1) is 6.57 Å². The SMILES string of the molecule is [C-]#[N+]c1ccc2c(c1)-c1cc(-c3cccc(-c4ccc(-c5cc(-c6cc(-c7ccccc7)cc(-c7ccccc7)c6)nc(-c6ccccc6)n5)cc4)c3)ccc1C2(C)C. The molecule has 0 unspecified atom stereocenters. The zero-order chi connectivity index (χ0) is 39.9. The number of hydrogen-bond donors (Lipinski definition) is 0. The van der Waals surface area contributed by atoms with Gasteiger partial charge in [-0.3, -0.25) is 0 Å². The molecule has 278 valence electrons. The Bertz CT molecular complexity index is 2990. The molecule has 0 saturated heterocycles. The highest BCUT2D eigenvalue weighted by atomic mass is 14.9. The fourth-order valence-electron chi connectivity index (χ4n) is 8.55. The lowest BCUT2D eigenvalue weighted by Crippen LogP contribution is -2.14. The van der Waals surface area contributed by atoms with E-state index in [0.717, 1.165) is 78.1 Å². The average molecular weight is 754 g/mol. The molecule has 10 rings (SSSR count). The fourth-order valence-corrected chi connectivity index (χ4v) is 8.55. The zero-order valence-electron chi connectivity index (χ0n) is 32.9. The first-order valence-corrected chi connectivity index (χ1v) is 20.0. The third-order valence-corrected chi connectivity index (χ3v) is 11.7. The Balaban J connectivity index is 1.02. The molecule has 8 aromatic carbocycles. The quantitative estimate of drug-likeness (QED) is 0.152. The second-order valence-corrected chi connectivity index (χ2v) is 15.7. The van der Waals surface area contributed by atoms with E-state index in [9.17, 15) is 0 Å². The smallest absolute Gasteiger partial charge is 0.187 e. The first-order valence-electron chi connectivity index (χ1n) is 20.0. The van der Waals surface area contributed by atoms with Gasteiger partial charge in [0.15, 0.2) is 11.5 Å². The van der Waals surface area contributed by atoms with Crippen molar-refractivity contribution in [3.8, 4) is 89.5 Å². The van der Waals surface area contributed by atoms with Gasteiger partial charge in [-0.2, -0.15) is 0 Å². The van der Waals surface area contributed by atoms with E-state index in [2.05, 4.69) is 189 Å². The molecule has 9 aromatic rings. The number of benzene rings is 8. The summed E-state index contributed by atoms with van der Waals surface area (Å²) in [5.74, 6) is 0.687. The van der Waals surface area contributed by atoms with Gasteiger partial charge in [-0.05, 0) is 109 Å². The summed E-state index contributed by atoms with van der Waals surface area (Å²) in [6, 6.07) is 70.6. The van der Waals surface area contributed by atoms with Gasteiger partial charge in [-0.15, -0.1) is 0 Å². The summed E-state index contributed by atoms with van der Waals surface area (Å²) in [6.07, 6.45) is 0. The van der Waals surface area contributed by atoms with E-state index in [1.807, 2.05) is 30.3 Å². The summed E-state index contributed by atoms with van der Waals surface area (Å²) in [5.41, 5.74) is 19.4. The Morgan fingerprint density at radius 2 is 0.780 bits per heavy atom. The van der Waals surface area contributed by atoms with Crippen LogP contribution in [-0.4, -0.2) is 9.97 Å². The van der Waals surface area contributed by atoms with Crippen molar-refractivity contribution in [2.45, 2.75) is 19.3 Å². The van der Waals surface area contributed by atoms with E-state index < -0.39 is 0 Å². The Hall–Kier alpha value is -7.67. The molecule has 0 bridgehead atoms. The van der Waals surface area contributed by atoms with Gasteiger partial charge < -0.3 is 0 Å². The van der Waals surface area contributed by atoms with Crippen molar-refractivity contribution in [3.05, 3.63) is 223 Å². The van der Waals surface area contributed by atoms with Crippen LogP contribution in [0.5, 0.6) is 0 Å². The Morgan fingerprint density at radius 3 is 1.39 bits per heavy atom. The van der Waals surface area contributed by atoms with Crippen LogP contribution in [0.1, 0.15) is 25.0 Å². The molecule has 0 aliphatic heterocycles. The summed E-state index contributed by atoms with van der Waals surface area (Å²) in [6.45, 7) is 12.2. The van der Waals surface area contributed by atoms with Gasteiger partial charge in [-0.25, -0.2) is 14.8 Å². The van der Waals surface area contributed by atoms with Crippen molar-refractivity contribution >= 4 is 5.69 Å². The van der Waals surface area contributed by atoms with Crippen molar-refractivity contribution in [2.24, 2.45) is 0 Å². The van der Waals surface area contributed by atoms with Crippen LogP contribution in [0.2, 0.25) is 0 Å². The van der Waals surface area contributed by atoms with E-state index in [1.54, 1.807) is 0 Å². The Morgan fingerprint density at radius 1 is 0.356 bits per heavy atom. The van der Waals surface area contributed by atoms with Crippen LogP contribution >= 0.6 is 0 Å². The van der Waals surface area contributed by atoms with Crippen LogP contribution < -0.4 is 0 Å². The van der Waals surface area contributed by atoms with Gasteiger partial charge in [0.25, 0.3) is 0 Å². The molecule has 0 fully saturated rings. The molecule has 3 heteroatoms. The molecule has 1 aromatic heterocycles. The van der Waals surface area contributed by atoms with Crippen LogP contribution in [0.15, 0.2) is 200 Å². The maximum absolute atomic E-state index is 7.61. The van der Waals surface area contributed by atoms with Crippen molar-refractivity contribution in [1.29, 1.82) is 0 Å². The molecule has 0 saturated carbocycles. The maximum atomic E-state index is 7.61. The normalized spacial score (nSPS) is 12.4. The number of rotatable bonds is 7. The summed E-state index contributed by atoms with van der Waals surface area (Å²) in [5, 5.41) is 0. The number of hydrogen-bond acceptors (Lipinski definition) is 2. The highest BCUT2D eigenvalue weighted by Gasteiger charge is 2.35. The van der Waals surface area contributed by atoms with Crippen LogP contribution in [0.4, 0.5) is 5.69 Å². The lowest BCUT2D eigenvalue weighted by atomic mass is 9.82. The third-order valence-electron chi connectivity index (χ3n) is 11.7. The standard InChI is InChI=1S/C56H39N3/c1-56(2)51-28-26-44(34-49(51)50-35-48(57-3)27-29-52(50)56)43-21-13-20-42(30-43)39-22-24-40(25-23-39)53-36-54(59-55(58-53)41-18-11-6-12-19-41)47-32-45(37-14-7-4-8-15-37)31-46(33-47)38-16-9-5-10-17-38/h4-36H,1-2H3. The summed E-state index contributed by atoms with van der Waals surface area (Å²) in [4.78, 5) is 14.1. The molecule has 59 heavy (non-hydrogen) atoms. The summed E-state index contributed by atoms with van der Waals surface area (Å²) < 4.78 is 0. The molecule has 0 spiro atoms. The van der Waals surface area contributed by atoms with Crippen LogP contribution in [0.25, 0.3) is 94.4 Å². The van der Waals surface area contributed by atoms with E-state index in [0.29, 0.717) is 11.5 Å². The molecular weight excluding hydrogens is 715 g/mol. The molecule has 0 atom stereocenters. The van der Waals surface area contributed by atoms with Gasteiger partial charge >= 0.3 is 0 Å². The fraction of sp³-hybridized carbons (Fsp3) is 0.0536. The minimum atomic E-state index is -0.114. The Labute approximate surface area is 345 Å². The lowest BCUT2D eigenvalue weighted by Gasteiger charge is -2.21. The Kier molecular flexibility index (Phi) is 8.89. The molecule has 3 nitrogen and oxygen atoms in total. The second kappa shape index (κ2) is 14.7. The van der Waals surface area contributed by atoms with Gasteiger partial charge in [0.05, 0.1) is 18.0 Å². The largest absolute Gasteiger partial charge is 0.238 e. The first kappa shape index (κ1) is 35.7. The molecule has 1 heterocycles. The van der Waals surface area contributed by atoms with Crippen molar-refractivity contribution < 1.29 is 0 Å².